The number of carbonyl (C=O) groups excluding carboxylic acids is 1. The molecule has 0 atom stereocenters. The van der Waals surface area contributed by atoms with E-state index in [-0.39, 0.29) is 0 Å². The Kier molecular flexibility index (Phi) is 3.95. The zero-order valence-electron chi connectivity index (χ0n) is 10.0. The standard InChI is InChI=1S/C14H13ClN2O/c1-17(9-11-4-6-16-7-5-11)13-3-2-12(10-18)14(15)8-13/h2-8,10H,9H2,1H3. The Morgan fingerprint density at radius 3 is 2.61 bits per heavy atom. The van der Waals surface area contributed by atoms with Gasteiger partial charge >= 0.3 is 0 Å². The average molecular weight is 261 g/mol. The van der Waals surface area contributed by atoms with Gasteiger partial charge in [0.2, 0.25) is 0 Å². The molecule has 92 valence electrons. The highest BCUT2D eigenvalue weighted by Crippen LogP contribution is 2.23. The minimum absolute atomic E-state index is 0.476. The third-order valence-corrected chi connectivity index (χ3v) is 3.05. The Morgan fingerprint density at radius 2 is 2.00 bits per heavy atom. The third-order valence-electron chi connectivity index (χ3n) is 2.72. The van der Waals surface area contributed by atoms with Crippen LogP contribution >= 0.6 is 11.6 Å². The maximum atomic E-state index is 10.7. The normalized spacial score (nSPS) is 10.1. The van der Waals surface area contributed by atoms with E-state index in [1.54, 1.807) is 24.5 Å². The molecule has 0 amide bonds. The molecule has 2 rings (SSSR count). The van der Waals surface area contributed by atoms with Crippen molar-refractivity contribution in [3.8, 4) is 0 Å². The molecule has 1 aromatic carbocycles. The Labute approximate surface area is 111 Å². The molecule has 0 radical (unpaired) electrons. The molecule has 1 aromatic heterocycles. The molecule has 0 aliphatic rings. The van der Waals surface area contributed by atoms with Crippen molar-refractivity contribution in [1.82, 2.24) is 4.98 Å². The molecule has 0 unspecified atom stereocenters. The van der Waals surface area contributed by atoms with E-state index >= 15 is 0 Å². The predicted octanol–water partition coefficient (Wildman–Crippen LogP) is 3.18. The number of benzene rings is 1. The predicted molar refractivity (Wildman–Crippen MR) is 73.2 cm³/mol. The Balaban J connectivity index is 2.16. The highest BCUT2D eigenvalue weighted by molar-refractivity contribution is 6.33. The van der Waals surface area contributed by atoms with Crippen molar-refractivity contribution in [3.05, 3.63) is 58.9 Å². The maximum absolute atomic E-state index is 10.7. The van der Waals surface area contributed by atoms with Crippen LogP contribution in [0.4, 0.5) is 5.69 Å². The summed E-state index contributed by atoms with van der Waals surface area (Å²) in [6, 6.07) is 9.35. The Bertz CT molecular complexity index is 543. The minimum Gasteiger partial charge on any atom is -0.370 e. The van der Waals surface area contributed by atoms with Crippen LogP contribution in [0.25, 0.3) is 0 Å². The molecule has 0 saturated carbocycles. The molecular formula is C14H13ClN2O. The van der Waals surface area contributed by atoms with Gasteiger partial charge in [-0.1, -0.05) is 11.6 Å². The first-order chi connectivity index (χ1) is 8.70. The van der Waals surface area contributed by atoms with Gasteiger partial charge in [0, 0.05) is 37.2 Å². The lowest BCUT2D eigenvalue weighted by Gasteiger charge is -2.19. The highest BCUT2D eigenvalue weighted by Gasteiger charge is 2.05. The second kappa shape index (κ2) is 5.65. The third kappa shape index (κ3) is 2.87. The molecule has 0 aliphatic carbocycles. The number of pyridine rings is 1. The molecule has 18 heavy (non-hydrogen) atoms. The summed E-state index contributed by atoms with van der Waals surface area (Å²) in [5.74, 6) is 0. The number of rotatable bonds is 4. The van der Waals surface area contributed by atoms with E-state index in [2.05, 4.69) is 9.88 Å². The van der Waals surface area contributed by atoms with Crippen LogP contribution in [-0.2, 0) is 6.54 Å². The summed E-state index contributed by atoms with van der Waals surface area (Å²) in [6.07, 6.45) is 4.30. The van der Waals surface area contributed by atoms with Gasteiger partial charge in [-0.3, -0.25) is 9.78 Å². The van der Waals surface area contributed by atoms with Crippen molar-refractivity contribution in [2.24, 2.45) is 0 Å². The SMILES string of the molecule is CN(Cc1ccncc1)c1ccc(C=O)c(Cl)c1. The second-order valence-corrected chi connectivity index (χ2v) is 4.44. The average Bonchev–Trinajstić information content (AvgIpc) is 2.39. The van der Waals surface area contributed by atoms with Crippen molar-refractivity contribution < 1.29 is 4.79 Å². The van der Waals surface area contributed by atoms with Crippen molar-refractivity contribution in [3.63, 3.8) is 0 Å². The molecule has 0 spiro atoms. The highest BCUT2D eigenvalue weighted by atomic mass is 35.5. The number of nitrogens with zero attached hydrogens (tertiary/aromatic N) is 2. The quantitative estimate of drug-likeness (QED) is 0.792. The van der Waals surface area contributed by atoms with Crippen LogP contribution in [0.3, 0.4) is 0 Å². The Hall–Kier alpha value is -1.87. The fourth-order valence-corrected chi connectivity index (χ4v) is 1.92. The summed E-state index contributed by atoms with van der Waals surface area (Å²) >= 11 is 6.01. The van der Waals surface area contributed by atoms with Crippen LogP contribution in [0, 0.1) is 0 Å². The van der Waals surface area contributed by atoms with E-state index in [1.165, 1.54) is 5.56 Å². The van der Waals surface area contributed by atoms with E-state index in [9.17, 15) is 4.79 Å². The largest absolute Gasteiger partial charge is 0.370 e. The summed E-state index contributed by atoms with van der Waals surface area (Å²) < 4.78 is 0. The van der Waals surface area contributed by atoms with Crippen LogP contribution in [0.1, 0.15) is 15.9 Å². The van der Waals surface area contributed by atoms with Gasteiger partial charge in [0.15, 0.2) is 6.29 Å². The van der Waals surface area contributed by atoms with E-state index < -0.39 is 0 Å². The molecule has 0 bridgehead atoms. The number of carbonyl (C=O) groups is 1. The molecule has 4 heteroatoms. The summed E-state index contributed by atoms with van der Waals surface area (Å²) in [7, 11) is 1.98. The van der Waals surface area contributed by atoms with E-state index in [0.29, 0.717) is 10.6 Å². The number of anilines is 1. The summed E-state index contributed by atoms with van der Waals surface area (Å²) in [4.78, 5) is 16.7. The van der Waals surface area contributed by atoms with Gasteiger partial charge in [0.05, 0.1) is 5.02 Å². The monoisotopic (exact) mass is 260 g/mol. The summed E-state index contributed by atoms with van der Waals surface area (Å²) in [5, 5.41) is 0.476. The van der Waals surface area contributed by atoms with E-state index in [0.717, 1.165) is 18.5 Å². The van der Waals surface area contributed by atoms with Gasteiger partial charge < -0.3 is 4.90 Å². The van der Waals surface area contributed by atoms with Gasteiger partial charge in [-0.05, 0) is 35.9 Å². The fraction of sp³-hybridized carbons (Fsp3) is 0.143. The number of aromatic nitrogens is 1. The van der Waals surface area contributed by atoms with Crippen LogP contribution in [0.15, 0.2) is 42.7 Å². The van der Waals surface area contributed by atoms with Crippen molar-refractivity contribution in [1.29, 1.82) is 0 Å². The fourth-order valence-electron chi connectivity index (χ4n) is 1.70. The lowest BCUT2D eigenvalue weighted by atomic mass is 10.2. The summed E-state index contributed by atoms with van der Waals surface area (Å²) in [6.45, 7) is 0.763. The first-order valence-corrected chi connectivity index (χ1v) is 5.93. The molecule has 0 aliphatic heterocycles. The van der Waals surface area contributed by atoms with E-state index in [1.807, 2.05) is 25.2 Å². The van der Waals surface area contributed by atoms with Crippen LogP contribution in [-0.4, -0.2) is 18.3 Å². The molecule has 3 nitrogen and oxygen atoms in total. The number of hydrogen-bond donors (Lipinski definition) is 0. The van der Waals surface area contributed by atoms with Crippen molar-refractivity contribution in [2.75, 3.05) is 11.9 Å². The number of halogens is 1. The van der Waals surface area contributed by atoms with Gasteiger partial charge in [-0.15, -0.1) is 0 Å². The number of aldehydes is 1. The van der Waals surface area contributed by atoms with Crippen molar-refractivity contribution in [2.45, 2.75) is 6.54 Å². The zero-order valence-corrected chi connectivity index (χ0v) is 10.8. The second-order valence-electron chi connectivity index (χ2n) is 4.04. The zero-order chi connectivity index (χ0) is 13.0. The first kappa shape index (κ1) is 12.6. The van der Waals surface area contributed by atoms with Gasteiger partial charge in [-0.25, -0.2) is 0 Å². The molecule has 2 aromatic rings. The van der Waals surface area contributed by atoms with Crippen molar-refractivity contribution >= 4 is 23.6 Å². The molecular weight excluding hydrogens is 248 g/mol. The van der Waals surface area contributed by atoms with Crippen LogP contribution in [0.2, 0.25) is 5.02 Å². The molecule has 0 saturated heterocycles. The van der Waals surface area contributed by atoms with Gasteiger partial charge in [0.1, 0.15) is 0 Å². The first-order valence-electron chi connectivity index (χ1n) is 5.55. The molecule has 1 heterocycles. The van der Waals surface area contributed by atoms with Gasteiger partial charge in [-0.2, -0.15) is 0 Å². The lowest BCUT2D eigenvalue weighted by Crippen LogP contribution is -2.16. The van der Waals surface area contributed by atoms with E-state index in [4.69, 9.17) is 11.6 Å². The minimum atomic E-state index is 0.476. The van der Waals surface area contributed by atoms with Crippen LogP contribution < -0.4 is 4.90 Å². The smallest absolute Gasteiger partial charge is 0.151 e. The Morgan fingerprint density at radius 1 is 1.28 bits per heavy atom. The molecule has 0 N–H and O–H groups in total. The topological polar surface area (TPSA) is 33.2 Å². The summed E-state index contributed by atoms with van der Waals surface area (Å²) in [5.41, 5.74) is 2.66. The lowest BCUT2D eigenvalue weighted by molar-refractivity contribution is 0.112. The molecule has 0 fully saturated rings. The number of hydrogen-bond acceptors (Lipinski definition) is 3. The van der Waals surface area contributed by atoms with Crippen LogP contribution in [0.5, 0.6) is 0 Å². The maximum Gasteiger partial charge on any atom is 0.151 e. The van der Waals surface area contributed by atoms with Gasteiger partial charge in [0.25, 0.3) is 0 Å².